The van der Waals surface area contributed by atoms with Gasteiger partial charge in [0.2, 0.25) is 0 Å². The van der Waals surface area contributed by atoms with Gasteiger partial charge in [-0.2, -0.15) is 0 Å². The smallest absolute Gasteiger partial charge is 0.136 e. The number of rotatable bonds is 3. The molecule has 0 bridgehead atoms. The molecule has 0 radical (unpaired) electrons. The molecule has 1 N–H and O–H groups in total. The SMILES string of the molecule is COc1c(Br)cc(Br)cc1CC1CCCN1. The molecule has 1 fully saturated rings. The van der Waals surface area contributed by atoms with Crippen molar-refractivity contribution in [1.29, 1.82) is 0 Å². The summed E-state index contributed by atoms with van der Waals surface area (Å²) in [4.78, 5) is 0. The Hall–Kier alpha value is -0.0600. The van der Waals surface area contributed by atoms with Crippen molar-refractivity contribution in [2.45, 2.75) is 25.3 Å². The van der Waals surface area contributed by atoms with Gasteiger partial charge in [-0.05, 0) is 59.4 Å². The first-order valence-electron chi connectivity index (χ1n) is 5.46. The van der Waals surface area contributed by atoms with Crippen molar-refractivity contribution in [3.8, 4) is 5.75 Å². The average molecular weight is 349 g/mol. The van der Waals surface area contributed by atoms with Crippen LogP contribution in [-0.4, -0.2) is 19.7 Å². The van der Waals surface area contributed by atoms with E-state index in [-0.39, 0.29) is 0 Å². The van der Waals surface area contributed by atoms with E-state index in [1.807, 2.05) is 6.07 Å². The Morgan fingerprint density at radius 1 is 1.44 bits per heavy atom. The van der Waals surface area contributed by atoms with Crippen molar-refractivity contribution in [3.63, 3.8) is 0 Å². The summed E-state index contributed by atoms with van der Waals surface area (Å²) in [6, 6.07) is 4.75. The maximum Gasteiger partial charge on any atom is 0.136 e. The lowest BCUT2D eigenvalue weighted by Gasteiger charge is -2.15. The molecule has 16 heavy (non-hydrogen) atoms. The lowest BCUT2D eigenvalue weighted by Crippen LogP contribution is -2.23. The molecule has 1 heterocycles. The Labute approximate surface area is 113 Å². The van der Waals surface area contributed by atoms with E-state index in [9.17, 15) is 0 Å². The van der Waals surface area contributed by atoms with Gasteiger partial charge in [0.15, 0.2) is 0 Å². The van der Waals surface area contributed by atoms with Crippen molar-refractivity contribution in [2.24, 2.45) is 0 Å². The van der Waals surface area contributed by atoms with E-state index >= 15 is 0 Å². The van der Waals surface area contributed by atoms with Crippen LogP contribution in [0, 0.1) is 0 Å². The monoisotopic (exact) mass is 347 g/mol. The molecule has 2 rings (SSSR count). The Morgan fingerprint density at radius 3 is 2.88 bits per heavy atom. The normalized spacial score (nSPS) is 20.1. The molecule has 1 aliphatic heterocycles. The minimum absolute atomic E-state index is 0.593. The molecule has 0 aromatic heterocycles. The fourth-order valence-corrected chi connectivity index (χ4v) is 3.67. The Balaban J connectivity index is 2.23. The fraction of sp³-hybridized carbons (Fsp3) is 0.500. The quantitative estimate of drug-likeness (QED) is 0.902. The lowest BCUT2D eigenvalue weighted by molar-refractivity contribution is 0.404. The zero-order valence-corrected chi connectivity index (χ0v) is 12.4. The number of nitrogens with one attached hydrogen (secondary N) is 1. The van der Waals surface area contributed by atoms with Crippen LogP contribution in [0.4, 0.5) is 0 Å². The van der Waals surface area contributed by atoms with E-state index in [4.69, 9.17) is 4.74 Å². The molecular formula is C12H15Br2NO. The molecule has 1 aliphatic rings. The van der Waals surface area contributed by atoms with Gasteiger partial charge >= 0.3 is 0 Å². The molecule has 1 aromatic rings. The molecule has 0 saturated carbocycles. The summed E-state index contributed by atoms with van der Waals surface area (Å²) in [6.45, 7) is 1.14. The summed E-state index contributed by atoms with van der Waals surface area (Å²) in [6.07, 6.45) is 3.57. The van der Waals surface area contributed by atoms with E-state index in [2.05, 4.69) is 43.2 Å². The average Bonchev–Trinajstić information content (AvgIpc) is 2.70. The predicted octanol–water partition coefficient (Wildman–Crippen LogP) is 3.51. The highest BCUT2D eigenvalue weighted by atomic mass is 79.9. The maximum atomic E-state index is 5.45. The summed E-state index contributed by atoms with van der Waals surface area (Å²) in [5.74, 6) is 0.955. The second kappa shape index (κ2) is 5.52. The van der Waals surface area contributed by atoms with Gasteiger partial charge in [0.1, 0.15) is 5.75 Å². The third-order valence-electron chi connectivity index (χ3n) is 2.92. The van der Waals surface area contributed by atoms with Crippen molar-refractivity contribution < 1.29 is 4.74 Å². The van der Waals surface area contributed by atoms with Crippen molar-refractivity contribution >= 4 is 31.9 Å². The first-order valence-corrected chi connectivity index (χ1v) is 7.04. The molecule has 1 unspecified atom stereocenters. The van der Waals surface area contributed by atoms with Crippen LogP contribution in [0.15, 0.2) is 21.1 Å². The van der Waals surface area contributed by atoms with Gasteiger partial charge in [0, 0.05) is 10.5 Å². The number of hydrogen-bond acceptors (Lipinski definition) is 2. The van der Waals surface area contributed by atoms with E-state index in [1.165, 1.54) is 18.4 Å². The highest BCUT2D eigenvalue weighted by Gasteiger charge is 2.18. The van der Waals surface area contributed by atoms with Gasteiger partial charge in [-0.3, -0.25) is 0 Å². The Bertz CT molecular complexity index is 376. The van der Waals surface area contributed by atoms with Gasteiger partial charge in [-0.25, -0.2) is 0 Å². The molecule has 1 saturated heterocycles. The molecule has 1 atom stereocenters. The minimum atomic E-state index is 0.593. The van der Waals surface area contributed by atoms with Crippen molar-refractivity contribution in [2.75, 3.05) is 13.7 Å². The molecule has 1 aromatic carbocycles. The number of halogens is 2. The molecule has 2 nitrogen and oxygen atoms in total. The van der Waals surface area contributed by atoms with Crippen molar-refractivity contribution in [1.82, 2.24) is 5.32 Å². The summed E-state index contributed by atoms with van der Waals surface area (Å²) in [5.41, 5.74) is 1.25. The van der Waals surface area contributed by atoms with Crippen LogP contribution >= 0.6 is 31.9 Å². The van der Waals surface area contributed by atoms with Crippen LogP contribution in [0.5, 0.6) is 5.75 Å². The number of hydrogen-bond donors (Lipinski definition) is 1. The van der Waals surface area contributed by atoms with E-state index in [1.54, 1.807) is 7.11 Å². The third-order valence-corrected chi connectivity index (χ3v) is 3.96. The zero-order chi connectivity index (χ0) is 11.5. The first-order chi connectivity index (χ1) is 7.70. The van der Waals surface area contributed by atoms with Crippen LogP contribution in [0.2, 0.25) is 0 Å². The van der Waals surface area contributed by atoms with Crippen LogP contribution in [0.1, 0.15) is 18.4 Å². The lowest BCUT2D eigenvalue weighted by atomic mass is 10.0. The molecule has 0 aliphatic carbocycles. The largest absolute Gasteiger partial charge is 0.495 e. The second-order valence-corrected chi connectivity index (χ2v) is 5.85. The van der Waals surface area contributed by atoms with Gasteiger partial charge in [-0.15, -0.1) is 0 Å². The number of ether oxygens (including phenoxy) is 1. The summed E-state index contributed by atoms with van der Waals surface area (Å²) in [7, 11) is 1.72. The first kappa shape index (κ1) is 12.4. The van der Waals surface area contributed by atoms with Gasteiger partial charge < -0.3 is 10.1 Å². The molecule has 0 amide bonds. The van der Waals surface area contributed by atoms with E-state index < -0.39 is 0 Å². The highest BCUT2D eigenvalue weighted by molar-refractivity contribution is 9.11. The third kappa shape index (κ3) is 2.79. The van der Waals surface area contributed by atoms with Crippen LogP contribution < -0.4 is 10.1 Å². The van der Waals surface area contributed by atoms with Gasteiger partial charge in [0.25, 0.3) is 0 Å². The number of benzene rings is 1. The fourth-order valence-electron chi connectivity index (χ4n) is 2.19. The maximum absolute atomic E-state index is 5.45. The molecule has 4 heteroatoms. The summed E-state index contributed by atoms with van der Waals surface area (Å²) < 4.78 is 7.55. The second-order valence-electron chi connectivity index (χ2n) is 4.08. The van der Waals surface area contributed by atoms with Gasteiger partial charge in [0.05, 0.1) is 11.6 Å². The highest BCUT2D eigenvalue weighted by Crippen LogP contribution is 2.33. The minimum Gasteiger partial charge on any atom is -0.495 e. The summed E-state index contributed by atoms with van der Waals surface area (Å²) in [5, 5.41) is 3.51. The van der Waals surface area contributed by atoms with Crippen LogP contribution in [0.25, 0.3) is 0 Å². The summed E-state index contributed by atoms with van der Waals surface area (Å²) >= 11 is 7.05. The van der Waals surface area contributed by atoms with Crippen LogP contribution in [-0.2, 0) is 6.42 Å². The Kier molecular flexibility index (Phi) is 4.27. The predicted molar refractivity (Wildman–Crippen MR) is 73.1 cm³/mol. The van der Waals surface area contributed by atoms with E-state index in [0.29, 0.717) is 6.04 Å². The van der Waals surface area contributed by atoms with Gasteiger partial charge in [-0.1, -0.05) is 15.9 Å². The zero-order valence-electron chi connectivity index (χ0n) is 9.22. The Morgan fingerprint density at radius 2 is 2.25 bits per heavy atom. The molecular weight excluding hydrogens is 334 g/mol. The number of methoxy groups -OCH3 is 1. The van der Waals surface area contributed by atoms with E-state index in [0.717, 1.165) is 27.7 Å². The van der Waals surface area contributed by atoms with Crippen LogP contribution in [0.3, 0.4) is 0 Å². The standard InChI is InChI=1S/C12H15Br2NO/c1-16-12-8(5-9(13)7-11(12)14)6-10-3-2-4-15-10/h5,7,10,15H,2-4,6H2,1H3. The topological polar surface area (TPSA) is 21.3 Å². The van der Waals surface area contributed by atoms with Crippen molar-refractivity contribution in [3.05, 3.63) is 26.6 Å². The molecule has 0 spiro atoms. The molecule has 88 valence electrons.